The van der Waals surface area contributed by atoms with Crippen molar-refractivity contribution in [3.05, 3.63) is 54.6 Å². The number of carbonyl (C=O) groups is 3. The van der Waals surface area contributed by atoms with Gasteiger partial charge in [0, 0.05) is 29.7 Å². The molecule has 39 heavy (non-hydrogen) atoms. The third-order valence-corrected chi connectivity index (χ3v) is 11.7. The maximum Gasteiger partial charge on any atom is 0.251 e. The number of hydrogen-bond acceptors (Lipinski definition) is 5. The smallest absolute Gasteiger partial charge is 0.251 e. The second-order valence-electron chi connectivity index (χ2n) is 10.4. The number of hydrogen-bond donors (Lipinski definition) is 1. The number of benzene rings is 1. The molecule has 212 valence electrons. The van der Waals surface area contributed by atoms with Crippen molar-refractivity contribution in [2.75, 3.05) is 31.1 Å². The van der Waals surface area contributed by atoms with E-state index in [1.165, 1.54) is 0 Å². The van der Waals surface area contributed by atoms with Crippen molar-refractivity contribution in [2.45, 2.75) is 60.0 Å². The first-order valence-electron chi connectivity index (χ1n) is 13.5. The number of thioether (sulfide) groups is 1. The molecule has 1 aromatic rings. The Morgan fingerprint density at radius 3 is 2.54 bits per heavy atom. The molecule has 10 heteroatoms. The topological polar surface area (TPSA) is 81.2 Å². The van der Waals surface area contributed by atoms with Gasteiger partial charge in [0.25, 0.3) is 5.91 Å². The van der Waals surface area contributed by atoms with Gasteiger partial charge in [-0.2, -0.15) is 0 Å². The lowest BCUT2D eigenvalue weighted by Crippen LogP contribution is -2.58. The highest BCUT2D eigenvalue weighted by Crippen LogP contribution is 2.68. The minimum absolute atomic E-state index is 0.0367. The molecular formula is C29H37BrClN3O4S. The molecule has 0 aromatic heterocycles. The Hall–Kier alpha value is -1.81. The third-order valence-electron chi connectivity index (χ3n) is 8.20. The van der Waals surface area contributed by atoms with Crippen LogP contribution in [0.1, 0.15) is 33.1 Å². The lowest BCUT2D eigenvalue weighted by molar-refractivity contribution is -0.145. The first-order valence-corrected chi connectivity index (χ1v) is 15.7. The molecule has 3 fully saturated rings. The average Bonchev–Trinajstić information content (AvgIpc) is 3.51. The predicted octanol–water partition coefficient (Wildman–Crippen LogP) is 4.52. The zero-order valence-corrected chi connectivity index (χ0v) is 25.6. The van der Waals surface area contributed by atoms with Crippen LogP contribution in [0.15, 0.2) is 49.6 Å². The fourth-order valence-electron chi connectivity index (χ4n) is 6.62. The molecule has 3 saturated heterocycles. The molecule has 4 rings (SSSR count). The lowest BCUT2D eigenvalue weighted by atomic mass is 9.70. The van der Waals surface area contributed by atoms with E-state index in [1.807, 2.05) is 19.9 Å². The summed E-state index contributed by atoms with van der Waals surface area (Å²) in [6.45, 7) is 12.5. The van der Waals surface area contributed by atoms with Crippen LogP contribution in [0.2, 0.25) is 5.02 Å². The number of alkyl halides is 1. The van der Waals surface area contributed by atoms with E-state index in [0.717, 1.165) is 6.42 Å². The summed E-state index contributed by atoms with van der Waals surface area (Å²) < 4.78 is -0.817. The maximum atomic E-state index is 14.6. The second-order valence-corrected chi connectivity index (χ2v) is 13.5. The van der Waals surface area contributed by atoms with E-state index in [1.54, 1.807) is 56.8 Å². The molecule has 7 atom stereocenters. The van der Waals surface area contributed by atoms with E-state index in [4.69, 9.17) is 11.6 Å². The Labute approximate surface area is 248 Å². The van der Waals surface area contributed by atoms with E-state index >= 15 is 0 Å². The van der Waals surface area contributed by atoms with Crippen molar-refractivity contribution >= 4 is 62.7 Å². The molecule has 2 bridgehead atoms. The number of fused-ring (bicyclic) bond motifs is 1. The first kappa shape index (κ1) is 30.2. The summed E-state index contributed by atoms with van der Waals surface area (Å²) in [5.74, 6) is -1.81. The van der Waals surface area contributed by atoms with Crippen molar-refractivity contribution in [1.29, 1.82) is 0 Å². The highest BCUT2D eigenvalue weighted by Gasteiger charge is 2.76. The largest absolute Gasteiger partial charge is 0.394 e. The number of halogens is 2. The molecule has 3 amide bonds. The van der Waals surface area contributed by atoms with E-state index in [9.17, 15) is 19.5 Å². The number of aliphatic hydroxyl groups is 1. The van der Waals surface area contributed by atoms with Gasteiger partial charge in [-0.3, -0.25) is 14.4 Å². The molecular weight excluding hydrogens is 602 g/mol. The fourth-order valence-corrected chi connectivity index (χ4v) is 10.4. The number of likely N-dealkylation sites (tertiary alicyclic amines) is 1. The van der Waals surface area contributed by atoms with E-state index in [0.29, 0.717) is 36.6 Å². The molecule has 0 saturated carbocycles. The second kappa shape index (κ2) is 12.4. The van der Waals surface area contributed by atoms with Gasteiger partial charge in [-0.1, -0.05) is 65.7 Å². The van der Waals surface area contributed by atoms with Crippen LogP contribution in [-0.2, 0) is 14.4 Å². The molecule has 3 aliphatic rings. The number of aliphatic hydroxyl groups excluding tert-OH is 1. The minimum Gasteiger partial charge on any atom is -0.394 e. The zero-order chi connectivity index (χ0) is 28.5. The monoisotopic (exact) mass is 637 g/mol. The van der Waals surface area contributed by atoms with Crippen molar-refractivity contribution in [3.8, 4) is 0 Å². The fraction of sp³-hybridized carbons (Fsp3) is 0.552. The van der Waals surface area contributed by atoms with E-state index < -0.39 is 28.7 Å². The number of rotatable bonds is 12. The van der Waals surface area contributed by atoms with Gasteiger partial charge in [0.15, 0.2) is 0 Å². The summed E-state index contributed by atoms with van der Waals surface area (Å²) in [6, 6.07) is 5.70. The SMILES string of the molecule is C=CCN(CCC)C(=O)[C@H]1[C@@H]2SC3(CC2Br)C(C(=O)N(CC=C)c2ccccc2Cl)N([C@@H](CC)CO)C(=O)[C@H]13. The van der Waals surface area contributed by atoms with Gasteiger partial charge in [0.1, 0.15) is 6.04 Å². The lowest BCUT2D eigenvalue weighted by Gasteiger charge is -2.40. The molecule has 3 heterocycles. The summed E-state index contributed by atoms with van der Waals surface area (Å²) in [7, 11) is 0. The van der Waals surface area contributed by atoms with Gasteiger partial charge >= 0.3 is 0 Å². The maximum absolute atomic E-state index is 14.6. The third kappa shape index (κ3) is 4.98. The number of carbonyl (C=O) groups excluding carboxylic acids is 3. The standard InChI is InChI=1S/C29H37BrClN3O4S/c1-5-13-32(14-6-2)26(36)22-23-27(37)34(18(8-4)17-35)25(29(23)16-19(30)24(22)39-29)28(38)33(15-7-3)21-12-10-9-11-20(21)31/h5,7,9-12,18-19,22-25,35H,1,3,6,8,13-17H2,2,4H3/t18-,19?,22+,23-,24+,25?,29?/m0/s1. The molecule has 0 radical (unpaired) electrons. The van der Waals surface area contributed by atoms with Gasteiger partial charge in [-0.25, -0.2) is 0 Å². The number of anilines is 1. The Balaban J connectivity index is 1.84. The number of amides is 3. The minimum atomic E-state index is -0.866. The van der Waals surface area contributed by atoms with E-state index in [2.05, 4.69) is 29.1 Å². The van der Waals surface area contributed by atoms with Crippen LogP contribution in [0.25, 0.3) is 0 Å². The Kier molecular flexibility index (Phi) is 9.56. The van der Waals surface area contributed by atoms with Gasteiger partial charge in [-0.05, 0) is 31.4 Å². The van der Waals surface area contributed by atoms with E-state index in [-0.39, 0.29) is 41.0 Å². The van der Waals surface area contributed by atoms with Crippen LogP contribution >= 0.6 is 39.3 Å². The molecule has 7 nitrogen and oxygen atoms in total. The highest BCUT2D eigenvalue weighted by atomic mass is 79.9. The van der Waals surface area contributed by atoms with Gasteiger partial charge in [0.05, 0.1) is 39.9 Å². The summed E-state index contributed by atoms with van der Waals surface area (Å²) >= 11 is 12.0. The Morgan fingerprint density at radius 1 is 1.26 bits per heavy atom. The van der Waals surface area contributed by atoms with Crippen LogP contribution in [0.4, 0.5) is 5.69 Å². The van der Waals surface area contributed by atoms with Crippen LogP contribution in [0.3, 0.4) is 0 Å². The number of nitrogens with zero attached hydrogens (tertiary/aromatic N) is 3. The highest BCUT2D eigenvalue weighted by molar-refractivity contribution is 9.09. The van der Waals surface area contributed by atoms with Gasteiger partial charge < -0.3 is 19.8 Å². The predicted molar refractivity (Wildman–Crippen MR) is 161 cm³/mol. The van der Waals surface area contributed by atoms with Crippen molar-refractivity contribution in [2.24, 2.45) is 11.8 Å². The van der Waals surface area contributed by atoms with Gasteiger partial charge in [0.2, 0.25) is 11.8 Å². The Morgan fingerprint density at radius 2 is 1.95 bits per heavy atom. The zero-order valence-electron chi connectivity index (χ0n) is 22.5. The summed E-state index contributed by atoms with van der Waals surface area (Å²) in [5, 5.41) is 10.6. The average molecular weight is 639 g/mol. The number of para-hydroxylation sites is 1. The molecule has 1 spiro atoms. The Bertz CT molecular complexity index is 1130. The molecule has 0 aliphatic carbocycles. The summed E-state index contributed by atoms with van der Waals surface area (Å²) in [5.41, 5.74) is 0.536. The van der Waals surface area contributed by atoms with Crippen LogP contribution in [0, 0.1) is 11.8 Å². The van der Waals surface area contributed by atoms with Crippen LogP contribution in [0.5, 0.6) is 0 Å². The van der Waals surface area contributed by atoms with Crippen LogP contribution < -0.4 is 4.90 Å². The summed E-state index contributed by atoms with van der Waals surface area (Å²) in [4.78, 5) is 47.9. The quantitative estimate of drug-likeness (QED) is 0.269. The van der Waals surface area contributed by atoms with Crippen molar-refractivity contribution < 1.29 is 19.5 Å². The molecule has 3 unspecified atom stereocenters. The first-order chi connectivity index (χ1) is 18.7. The van der Waals surface area contributed by atoms with Crippen molar-refractivity contribution in [1.82, 2.24) is 9.80 Å². The molecule has 1 N–H and O–H groups in total. The van der Waals surface area contributed by atoms with Gasteiger partial charge in [-0.15, -0.1) is 24.9 Å². The van der Waals surface area contributed by atoms with Crippen molar-refractivity contribution in [3.63, 3.8) is 0 Å². The van der Waals surface area contributed by atoms with Crippen LogP contribution in [-0.4, -0.2) is 85.8 Å². The molecule has 3 aliphatic heterocycles. The normalized spacial score (nSPS) is 29.7. The molecule has 1 aromatic carbocycles. The summed E-state index contributed by atoms with van der Waals surface area (Å²) in [6.07, 6.45) is 5.18.